The Hall–Kier alpha value is -1.64. The van der Waals surface area contributed by atoms with Crippen LogP contribution in [0.1, 0.15) is 25.3 Å². The first-order chi connectivity index (χ1) is 12.4. The maximum absolute atomic E-state index is 13.0. The topological polar surface area (TPSA) is 84.9 Å². The standard InChI is InChI=1S/C18H28N2O5S/c1-4-25-17-8-7-16(12-14(17)2)26(22,23)20-10-5-6-15(13-20)18(21)19-9-11-24-3/h7-8,12,15H,4-6,9-11,13H2,1-3H3,(H,19,21)/t15-/m1/s1. The van der Waals surface area contributed by atoms with E-state index in [-0.39, 0.29) is 23.3 Å². The Bertz CT molecular complexity index is 720. The molecule has 1 atom stereocenters. The highest BCUT2D eigenvalue weighted by molar-refractivity contribution is 7.89. The Labute approximate surface area is 155 Å². The fraction of sp³-hybridized carbons (Fsp3) is 0.611. The largest absolute Gasteiger partial charge is 0.494 e. The van der Waals surface area contributed by atoms with Crippen LogP contribution in [-0.2, 0) is 19.6 Å². The number of carbonyl (C=O) groups excluding carboxylic acids is 1. The number of nitrogens with one attached hydrogen (secondary N) is 1. The molecule has 1 amide bonds. The third-order valence-corrected chi connectivity index (χ3v) is 6.31. The highest BCUT2D eigenvalue weighted by Gasteiger charge is 2.33. The van der Waals surface area contributed by atoms with E-state index in [4.69, 9.17) is 9.47 Å². The number of sulfonamides is 1. The molecule has 0 aliphatic carbocycles. The van der Waals surface area contributed by atoms with E-state index in [9.17, 15) is 13.2 Å². The minimum Gasteiger partial charge on any atom is -0.494 e. The lowest BCUT2D eigenvalue weighted by Gasteiger charge is -2.31. The van der Waals surface area contributed by atoms with Gasteiger partial charge in [0.15, 0.2) is 0 Å². The number of benzene rings is 1. The molecule has 0 unspecified atom stereocenters. The van der Waals surface area contributed by atoms with Gasteiger partial charge in [-0.2, -0.15) is 4.31 Å². The van der Waals surface area contributed by atoms with Gasteiger partial charge in [0, 0.05) is 26.7 Å². The van der Waals surface area contributed by atoms with Gasteiger partial charge in [-0.3, -0.25) is 4.79 Å². The zero-order valence-corrected chi connectivity index (χ0v) is 16.5. The molecule has 1 aliphatic rings. The maximum Gasteiger partial charge on any atom is 0.243 e. The minimum absolute atomic E-state index is 0.121. The molecule has 1 N–H and O–H groups in total. The van der Waals surface area contributed by atoms with Crippen LogP contribution in [0.15, 0.2) is 23.1 Å². The van der Waals surface area contributed by atoms with Crippen molar-refractivity contribution < 1.29 is 22.7 Å². The Morgan fingerprint density at radius 1 is 1.38 bits per heavy atom. The summed E-state index contributed by atoms with van der Waals surface area (Å²) in [6.45, 7) is 5.73. The Balaban J connectivity index is 2.10. The summed E-state index contributed by atoms with van der Waals surface area (Å²) in [5, 5.41) is 2.79. The van der Waals surface area contributed by atoms with Gasteiger partial charge >= 0.3 is 0 Å². The minimum atomic E-state index is -3.63. The summed E-state index contributed by atoms with van der Waals surface area (Å²) in [4.78, 5) is 12.5. The lowest BCUT2D eigenvalue weighted by Crippen LogP contribution is -2.45. The van der Waals surface area contributed by atoms with Crippen molar-refractivity contribution in [1.29, 1.82) is 0 Å². The second-order valence-electron chi connectivity index (χ2n) is 6.35. The number of aryl methyl sites for hydroxylation is 1. The molecule has 2 rings (SSSR count). The normalized spacial score (nSPS) is 18.5. The van der Waals surface area contributed by atoms with Crippen molar-refractivity contribution >= 4 is 15.9 Å². The second-order valence-corrected chi connectivity index (χ2v) is 8.28. The van der Waals surface area contributed by atoms with Crippen LogP contribution in [0.25, 0.3) is 0 Å². The van der Waals surface area contributed by atoms with Crippen LogP contribution in [0.4, 0.5) is 0 Å². The number of rotatable bonds is 8. The summed E-state index contributed by atoms with van der Waals surface area (Å²) >= 11 is 0. The average Bonchev–Trinajstić information content (AvgIpc) is 2.63. The molecule has 0 aromatic heterocycles. The number of methoxy groups -OCH3 is 1. The van der Waals surface area contributed by atoms with E-state index in [1.807, 2.05) is 13.8 Å². The highest BCUT2D eigenvalue weighted by atomic mass is 32.2. The molecule has 0 saturated carbocycles. The number of hydrogen-bond acceptors (Lipinski definition) is 5. The first-order valence-electron chi connectivity index (χ1n) is 8.90. The van der Waals surface area contributed by atoms with Crippen LogP contribution >= 0.6 is 0 Å². The van der Waals surface area contributed by atoms with Crippen molar-refractivity contribution in [3.63, 3.8) is 0 Å². The number of amides is 1. The van der Waals surface area contributed by atoms with E-state index < -0.39 is 10.0 Å². The summed E-state index contributed by atoms with van der Waals surface area (Å²) in [5.41, 5.74) is 0.777. The van der Waals surface area contributed by atoms with Crippen LogP contribution < -0.4 is 10.1 Å². The lowest BCUT2D eigenvalue weighted by molar-refractivity contribution is -0.126. The molecular formula is C18H28N2O5S. The van der Waals surface area contributed by atoms with Gasteiger partial charge in [-0.1, -0.05) is 0 Å². The predicted octanol–water partition coefficient (Wildman–Crippen LogP) is 1.56. The van der Waals surface area contributed by atoms with Gasteiger partial charge in [-0.15, -0.1) is 0 Å². The van der Waals surface area contributed by atoms with Gasteiger partial charge < -0.3 is 14.8 Å². The van der Waals surface area contributed by atoms with Gasteiger partial charge in [0.05, 0.1) is 24.0 Å². The third kappa shape index (κ3) is 4.96. The van der Waals surface area contributed by atoms with Crippen LogP contribution in [0, 0.1) is 12.8 Å². The predicted molar refractivity (Wildman–Crippen MR) is 98.7 cm³/mol. The van der Waals surface area contributed by atoms with Gasteiger partial charge in [0.1, 0.15) is 5.75 Å². The van der Waals surface area contributed by atoms with E-state index in [1.54, 1.807) is 25.3 Å². The molecule has 1 aromatic rings. The summed E-state index contributed by atoms with van der Waals surface area (Å²) in [5.74, 6) is 0.226. The fourth-order valence-corrected chi connectivity index (χ4v) is 4.65. The highest BCUT2D eigenvalue weighted by Crippen LogP contribution is 2.27. The quantitative estimate of drug-likeness (QED) is 0.688. The van der Waals surface area contributed by atoms with E-state index in [1.165, 1.54) is 4.31 Å². The Kier molecular flexibility index (Phi) is 7.43. The number of hydrogen-bond donors (Lipinski definition) is 1. The fourth-order valence-electron chi connectivity index (χ4n) is 3.04. The smallest absolute Gasteiger partial charge is 0.243 e. The third-order valence-electron chi connectivity index (χ3n) is 4.44. The average molecular weight is 384 g/mol. The van der Waals surface area contributed by atoms with Crippen molar-refractivity contribution in [2.24, 2.45) is 5.92 Å². The first kappa shape index (κ1) is 20.7. The molecule has 1 heterocycles. The molecular weight excluding hydrogens is 356 g/mol. The summed E-state index contributed by atoms with van der Waals surface area (Å²) in [6, 6.07) is 4.88. The zero-order valence-electron chi connectivity index (χ0n) is 15.7. The van der Waals surface area contributed by atoms with E-state index in [2.05, 4.69) is 5.32 Å². The van der Waals surface area contributed by atoms with Crippen LogP contribution in [-0.4, -0.2) is 58.6 Å². The van der Waals surface area contributed by atoms with Crippen LogP contribution in [0.2, 0.25) is 0 Å². The summed E-state index contributed by atoms with van der Waals surface area (Å²) < 4.78 is 37.7. The molecule has 146 valence electrons. The molecule has 7 nitrogen and oxygen atoms in total. The van der Waals surface area contributed by atoms with Crippen molar-refractivity contribution in [3.8, 4) is 5.75 Å². The van der Waals surface area contributed by atoms with E-state index in [0.29, 0.717) is 44.9 Å². The van der Waals surface area contributed by atoms with Crippen LogP contribution in [0.3, 0.4) is 0 Å². The van der Waals surface area contributed by atoms with Crippen molar-refractivity contribution in [3.05, 3.63) is 23.8 Å². The van der Waals surface area contributed by atoms with Gasteiger partial charge in [-0.05, 0) is 50.5 Å². The summed E-state index contributed by atoms with van der Waals surface area (Å²) in [6.07, 6.45) is 1.35. The molecule has 8 heteroatoms. The van der Waals surface area contributed by atoms with E-state index in [0.717, 1.165) is 5.56 Å². The number of ether oxygens (including phenoxy) is 2. The summed E-state index contributed by atoms with van der Waals surface area (Å²) in [7, 11) is -2.07. The molecule has 1 aliphatic heterocycles. The van der Waals surface area contributed by atoms with Crippen molar-refractivity contribution in [2.75, 3.05) is 40.0 Å². The number of carbonyl (C=O) groups is 1. The molecule has 0 spiro atoms. The number of nitrogens with zero attached hydrogens (tertiary/aromatic N) is 1. The molecule has 0 bridgehead atoms. The molecule has 1 saturated heterocycles. The molecule has 26 heavy (non-hydrogen) atoms. The molecule has 1 aromatic carbocycles. The monoisotopic (exact) mass is 384 g/mol. The van der Waals surface area contributed by atoms with E-state index >= 15 is 0 Å². The first-order valence-corrected chi connectivity index (χ1v) is 10.3. The molecule has 1 fully saturated rings. The number of piperidine rings is 1. The maximum atomic E-state index is 13.0. The Morgan fingerprint density at radius 2 is 2.15 bits per heavy atom. The molecule has 0 radical (unpaired) electrons. The van der Waals surface area contributed by atoms with Gasteiger partial charge in [-0.25, -0.2) is 8.42 Å². The zero-order chi connectivity index (χ0) is 19.2. The van der Waals surface area contributed by atoms with Crippen LogP contribution in [0.5, 0.6) is 5.75 Å². The SMILES string of the molecule is CCOc1ccc(S(=O)(=O)N2CCC[C@@H](C(=O)NCCOC)C2)cc1C. The Morgan fingerprint density at radius 3 is 2.81 bits per heavy atom. The van der Waals surface area contributed by atoms with Gasteiger partial charge in [0.2, 0.25) is 15.9 Å². The van der Waals surface area contributed by atoms with Crippen molar-refractivity contribution in [2.45, 2.75) is 31.6 Å². The van der Waals surface area contributed by atoms with Gasteiger partial charge in [0.25, 0.3) is 0 Å². The second kappa shape index (κ2) is 9.34. The van der Waals surface area contributed by atoms with Crippen molar-refractivity contribution in [1.82, 2.24) is 9.62 Å². The lowest BCUT2D eigenvalue weighted by atomic mass is 9.99.